The Morgan fingerprint density at radius 2 is 2.18 bits per heavy atom. The molecule has 0 spiro atoms. The normalized spacial score (nSPS) is 12.5. The number of amides is 1. The van der Waals surface area contributed by atoms with Crippen molar-refractivity contribution in [3.8, 4) is 0 Å². The maximum atomic E-state index is 12.1. The molecule has 0 saturated heterocycles. The fourth-order valence-corrected chi connectivity index (χ4v) is 2.76. The lowest BCUT2D eigenvalue weighted by molar-refractivity contribution is -0.143. The summed E-state index contributed by atoms with van der Waals surface area (Å²) in [5.41, 5.74) is -0.197. The van der Waals surface area contributed by atoms with Crippen LogP contribution in [0.2, 0.25) is 0 Å². The molecule has 1 amide bonds. The number of thiophene rings is 1. The average molecular weight is 323 g/mol. The second-order valence-corrected chi connectivity index (χ2v) is 6.15. The summed E-state index contributed by atoms with van der Waals surface area (Å²) >= 11 is 1.38. The highest BCUT2D eigenvalue weighted by Crippen LogP contribution is 2.13. The molecule has 0 aliphatic heterocycles. The molecule has 2 heterocycles. The van der Waals surface area contributed by atoms with Crippen LogP contribution >= 0.6 is 11.3 Å². The van der Waals surface area contributed by atoms with E-state index in [-0.39, 0.29) is 24.4 Å². The number of fused-ring (bicyclic) bond motifs is 1. The number of aliphatic carboxylic acids is 1. The molecule has 1 atom stereocenters. The van der Waals surface area contributed by atoms with Gasteiger partial charge in [-0.25, -0.2) is 9.78 Å². The van der Waals surface area contributed by atoms with Gasteiger partial charge in [0.15, 0.2) is 0 Å². The van der Waals surface area contributed by atoms with Gasteiger partial charge in [0, 0.05) is 13.0 Å². The Labute approximate surface area is 130 Å². The topological polar surface area (TPSA) is 101 Å². The van der Waals surface area contributed by atoms with Crippen LogP contribution < -0.4 is 10.9 Å². The summed E-state index contributed by atoms with van der Waals surface area (Å²) in [5.74, 6) is -1.69. The summed E-state index contributed by atoms with van der Waals surface area (Å²) in [6.45, 7) is 3.60. The molecule has 0 bridgehead atoms. The van der Waals surface area contributed by atoms with E-state index in [1.165, 1.54) is 22.2 Å². The third kappa shape index (κ3) is 3.51. The molecular formula is C14H17N3O4S. The number of hydrogen-bond acceptors (Lipinski definition) is 5. The third-order valence-corrected chi connectivity index (χ3v) is 4.10. The van der Waals surface area contributed by atoms with Crippen LogP contribution in [0.4, 0.5) is 0 Å². The van der Waals surface area contributed by atoms with Gasteiger partial charge in [-0.1, -0.05) is 13.8 Å². The number of hydrogen-bond donors (Lipinski definition) is 2. The van der Waals surface area contributed by atoms with E-state index in [1.807, 2.05) is 0 Å². The zero-order chi connectivity index (χ0) is 16.3. The zero-order valence-corrected chi connectivity index (χ0v) is 13.1. The van der Waals surface area contributed by atoms with Crippen LogP contribution in [-0.4, -0.2) is 32.6 Å². The first kappa shape index (κ1) is 16.2. The van der Waals surface area contributed by atoms with Crippen molar-refractivity contribution in [3.63, 3.8) is 0 Å². The first-order chi connectivity index (χ1) is 10.4. The number of aromatic nitrogens is 2. The molecule has 0 aliphatic carbocycles. The molecule has 2 aromatic rings. The van der Waals surface area contributed by atoms with Gasteiger partial charge in [0.2, 0.25) is 5.91 Å². The minimum Gasteiger partial charge on any atom is -0.480 e. The van der Waals surface area contributed by atoms with Gasteiger partial charge < -0.3 is 10.4 Å². The highest BCUT2D eigenvalue weighted by atomic mass is 32.1. The minimum absolute atomic E-state index is 0.0216. The largest absolute Gasteiger partial charge is 0.480 e. The molecule has 0 aliphatic rings. The summed E-state index contributed by atoms with van der Waals surface area (Å²) in [6, 6.07) is 0.771. The van der Waals surface area contributed by atoms with E-state index < -0.39 is 17.9 Å². The van der Waals surface area contributed by atoms with Gasteiger partial charge in [0.05, 0.1) is 11.7 Å². The second kappa shape index (κ2) is 6.69. The van der Waals surface area contributed by atoms with Crippen molar-refractivity contribution in [2.75, 3.05) is 0 Å². The number of nitrogens with zero attached hydrogens (tertiary/aromatic N) is 2. The molecule has 118 valence electrons. The lowest BCUT2D eigenvalue weighted by Crippen LogP contribution is -2.44. The number of carboxylic acid groups (broad SMARTS) is 1. The summed E-state index contributed by atoms with van der Waals surface area (Å²) < 4.78 is 1.36. The summed E-state index contributed by atoms with van der Waals surface area (Å²) in [4.78, 5) is 39.9. The predicted molar refractivity (Wildman–Crippen MR) is 82.9 cm³/mol. The summed E-state index contributed by atoms with van der Waals surface area (Å²) in [6.07, 6.45) is 1.43. The summed E-state index contributed by atoms with van der Waals surface area (Å²) in [7, 11) is 0. The smallest absolute Gasteiger partial charge is 0.326 e. The van der Waals surface area contributed by atoms with Crippen LogP contribution in [0, 0.1) is 5.92 Å². The fraction of sp³-hybridized carbons (Fsp3) is 0.429. The first-order valence-electron chi connectivity index (χ1n) is 6.85. The van der Waals surface area contributed by atoms with Crippen LogP contribution in [0.5, 0.6) is 0 Å². The molecule has 2 aromatic heterocycles. The van der Waals surface area contributed by atoms with E-state index in [0.717, 1.165) is 0 Å². The van der Waals surface area contributed by atoms with Crippen molar-refractivity contribution < 1.29 is 14.7 Å². The first-order valence-corrected chi connectivity index (χ1v) is 7.73. The van der Waals surface area contributed by atoms with Gasteiger partial charge in [0.25, 0.3) is 5.56 Å². The molecule has 2 N–H and O–H groups in total. The number of nitrogens with one attached hydrogen (secondary N) is 1. The van der Waals surface area contributed by atoms with Gasteiger partial charge >= 0.3 is 5.97 Å². The van der Waals surface area contributed by atoms with Crippen molar-refractivity contribution in [1.29, 1.82) is 0 Å². The fourth-order valence-electron chi connectivity index (χ4n) is 2.03. The highest BCUT2D eigenvalue weighted by molar-refractivity contribution is 7.16. The standard InChI is InChI=1S/C14H17N3O4S/c1-8(2)11(14(20)21)16-10(18)3-5-17-7-15-12-9(13(17)19)4-6-22-12/h4,6-8,11H,3,5H2,1-2H3,(H,16,18)(H,20,21)/t11-/m1/s1. The van der Waals surface area contributed by atoms with Crippen molar-refractivity contribution in [1.82, 2.24) is 14.9 Å². The number of carbonyl (C=O) groups excluding carboxylic acids is 1. The average Bonchev–Trinajstić information content (AvgIpc) is 2.92. The van der Waals surface area contributed by atoms with E-state index >= 15 is 0 Å². The van der Waals surface area contributed by atoms with Gasteiger partial charge in [-0.05, 0) is 17.4 Å². The van der Waals surface area contributed by atoms with Crippen molar-refractivity contribution in [3.05, 3.63) is 28.1 Å². The van der Waals surface area contributed by atoms with Crippen LogP contribution in [0.25, 0.3) is 10.2 Å². The molecule has 22 heavy (non-hydrogen) atoms. The van der Waals surface area contributed by atoms with E-state index in [9.17, 15) is 14.4 Å². The van der Waals surface area contributed by atoms with Gasteiger partial charge in [-0.15, -0.1) is 11.3 Å². The second-order valence-electron chi connectivity index (χ2n) is 5.26. The molecule has 8 heteroatoms. The zero-order valence-electron chi connectivity index (χ0n) is 12.3. The highest BCUT2D eigenvalue weighted by Gasteiger charge is 2.23. The summed E-state index contributed by atoms with van der Waals surface area (Å²) in [5, 5.41) is 13.8. The Bertz CT molecular complexity index is 750. The Kier molecular flexibility index (Phi) is 4.92. The Hall–Kier alpha value is -2.22. The monoisotopic (exact) mass is 323 g/mol. The lowest BCUT2D eigenvalue weighted by Gasteiger charge is -2.17. The van der Waals surface area contributed by atoms with Gasteiger partial charge in [-0.3, -0.25) is 14.2 Å². The maximum absolute atomic E-state index is 12.1. The van der Waals surface area contributed by atoms with Crippen LogP contribution in [0.1, 0.15) is 20.3 Å². The van der Waals surface area contributed by atoms with E-state index in [2.05, 4.69) is 10.3 Å². The van der Waals surface area contributed by atoms with Gasteiger partial charge in [0.1, 0.15) is 10.9 Å². The molecule has 0 aromatic carbocycles. The molecule has 0 fully saturated rings. The molecule has 2 rings (SSSR count). The number of carboxylic acids is 1. The number of aryl methyl sites for hydroxylation is 1. The van der Waals surface area contributed by atoms with E-state index in [4.69, 9.17) is 5.11 Å². The van der Waals surface area contributed by atoms with Crippen molar-refractivity contribution >= 4 is 33.4 Å². The van der Waals surface area contributed by atoms with Crippen molar-refractivity contribution in [2.24, 2.45) is 5.92 Å². The van der Waals surface area contributed by atoms with E-state index in [0.29, 0.717) is 10.2 Å². The van der Waals surface area contributed by atoms with Crippen LogP contribution in [0.15, 0.2) is 22.6 Å². The van der Waals surface area contributed by atoms with Gasteiger partial charge in [-0.2, -0.15) is 0 Å². The predicted octanol–water partition coefficient (Wildman–Crippen LogP) is 1.07. The SMILES string of the molecule is CC(C)[C@@H](NC(=O)CCn1cnc2sccc2c1=O)C(=O)O. The molecule has 0 radical (unpaired) electrons. The minimum atomic E-state index is -1.07. The maximum Gasteiger partial charge on any atom is 0.326 e. The Morgan fingerprint density at radius 3 is 2.82 bits per heavy atom. The van der Waals surface area contributed by atoms with Crippen LogP contribution in [-0.2, 0) is 16.1 Å². The molecular weight excluding hydrogens is 306 g/mol. The number of carbonyl (C=O) groups is 2. The Balaban J connectivity index is 2.02. The lowest BCUT2D eigenvalue weighted by atomic mass is 10.0. The number of rotatable bonds is 6. The quantitative estimate of drug-likeness (QED) is 0.828. The molecule has 0 saturated carbocycles. The van der Waals surface area contributed by atoms with Crippen LogP contribution in [0.3, 0.4) is 0 Å². The van der Waals surface area contributed by atoms with Crippen molar-refractivity contribution in [2.45, 2.75) is 32.9 Å². The molecule has 7 nitrogen and oxygen atoms in total. The van der Waals surface area contributed by atoms with E-state index in [1.54, 1.807) is 25.3 Å². The molecule has 0 unspecified atom stereocenters. The third-order valence-electron chi connectivity index (χ3n) is 3.28. The Morgan fingerprint density at radius 1 is 1.45 bits per heavy atom.